The molecular weight excluding hydrogens is 409 g/mol. The highest BCUT2D eigenvalue weighted by Gasteiger charge is 2.49. The number of ether oxygens (including phenoxy) is 1. The quantitative estimate of drug-likeness (QED) is 0.714. The average molecular weight is 423 g/mol. The highest BCUT2D eigenvalue weighted by molar-refractivity contribution is 7.92. The van der Waals surface area contributed by atoms with Gasteiger partial charge in [-0.2, -0.15) is 13.2 Å². The molecule has 0 fully saturated rings. The third kappa shape index (κ3) is 4.89. The molecular formula is C16H14ClF3N2O4S. The first-order valence-corrected chi connectivity index (χ1v) is 9.30. The molecule has 146 valence electrons. The van der Waals surface area contributed by atoms with Crippen molar-refractivity contribution < 1.29 is 31.1 Å². The summed E-state index contributed by atoms with van der Waals surface area (Å²) in [6.45, 7) is 0.0351. The van der Waals surface area contributed by atoms with Crippen molar-refractivity contribution in [3.05, 3.63) is 53.2 Å². The Balaban J connectivity index is 2.12. The monoisotopic (exact) mass is 422 g/mol. The van der Waals surface area contributed by atoms with E-state index < -0.39 is 31.8 Å². The number of nitrogens with zero attached hydrogens (tertiary/aromatic N) is 2. The molecule has 0 spiro atoms. The first-order chi connectivity index (χ1) is 12.5. The number of aromatic nitrogens is 1. The van der Waals surface area contributed by atoms with Gasteiger partial charge in [-0.05, 0) is 36.4 Å². The van der Waals surface area contributed by atoms with Crippen LogP contribution >= 0.6 is 11.6 Å². The van der Waals surface area contributed by atoms with Crippen molar-refractivity contribution in [2.45, 2.75) is 10.5 Å². The minimum Gasteiger partial charge on any atom is -0.492 e. The molecule has 0 unspecified atom stereocenters. The van der Waals surface area contributed by atoms with Gasteiger partial charge in [0.25, 0.3) is 15.7 Å². The highest BCUT2D eigenvalue weighted by atomic mass is 35.5. The highest BCUT2D eigenvalue weighted by Crippen LogP contribution is 2.31. The van der Waals surface area contributed by atoms with Gasteiger partial charge in [0.15, 0.2) is 5.03 Å². The third-order valence-corrected chi connectivity index (χ3v) is 5.11. The Morgan fingerprint density at radius 1 is 1.22 bits per heavy atom. The number of likely N-dealkylation sites (N-methyl/N-ethyl adjacent to an activating group) is 1. The number of hydrogen-bond donors (Lipinski definition) is 0. The predicted molar refractivity (Wildman–Crippen MR) is 91.4 cm³/mol. The van der Waals surface area contributed by atoms with Gasteiger partial charge < -0.3 is 9.64 Å². The number of amides is 1. The number of halogens is 4. The standard InChI is InChI=1S/C16H14ClF3N2O4S/c1-22(9-10-26-12-6-4-11(17)5-7-12)15(23)13-3-2-8-21-14(13)27(24,25)16(18,19)20/h2-8H,9-10H2,1H3. The summed E-state index contributed by atoms with van der Waals surface area (Å²) in [7, 11) is -4.45. The fourth-order valence-corrected chi connectivity index (χ4v) is 3.01. The van der Waals surface area contributed by atoms with Crippen LogP contribution in [0.4, 0.5) is 13.2 Å². The molecule has 6 nitrogen and oxygen atoms in total. The van der Waals surface area contributed by atoms with Crippen molar-refractivity contribution in [1.82, 2.24) is 9.88 Å². The Bertz CT molecular complexity index is 918. The molecule has 0 aliphatic carbocycles. The summed E-state index contributed by atoms with van der Waals surface area (Å²) >= 11 is 5.75. The number of pyridine rings is 1. The van der Waals surface area contributed by atoms with E-state index >= 15 is 0 Å². The Hall–Kier alpha value is -2.33. The summed E-state index contributed by atoms with van der Waals surface area (Å²) in [4.78, 5) is 16.7. The molecule has 0 radical (unpaired) electrons. The summed E-state index contributed by atoms with van der Waals surface area (Å²) < 4.78 is 67.1. The second kappa shape index (κ2) is 8.13. The van der Waals surface area contributed by atoms with Crippen LogP contribution in [0.2, 0.25) is 5.02 Å². The number of sulfone groups is 1. The number of carbonyl (C=O) groups excluding carboxylic acids is 1. The number of carbonyl (C=O) groups is 1. The second-order valence-corrected chi connectivity index (χ2v) is 7.63. The van der Waals surface area contributed by atoms with Crippen LogP contribution in [0.25, 0.3) is 0 Å². The van der Waals surface area contributed by atoms with Gasteiger partial charge in [0.2, 0.25) is 0 Å². The zero-order chi connectivity index (χ0) is 20.2. The maximum Gasteiger partial charge on any atom is 0.503 e. The number of alkyl halides is 3. The maximum atomic E-state index is 12.8. The topological polar surface area (TPSA) is 76.6 Å². The van der Waals surface area contributed by atoms with Crippen LogP contribution in [-0.2, 0) is 9.84 Å². The van der Waals surface area contributed by atoms with Gasteiger partial charge in [-0.1, -0.05) is 11.6 Å². The Kier molecular flexibility index (Phi) is 6.32. The van der Waals surface area contributed by atoms with Gasteiger partial charge in [-0.25, -0.2) is 13.4 Å². The second-order valence-electron chi connectivity index (χ2n) is 5.33. The lowest BCUT2D eigenvalue weighted by Crippen LogP contribution is -2.33. The van der Waals surface area contributed by atoms with Crippen LogP contribution < -0.4 is 4.74 Å². The van der Waals surface area contributed by atoms with Gasteiger partial charge >= 0.3 is 5.51 Å². The van der Waals surface area contributed by atoms with E-state index in [0.29, 0.717) is 10.8 Å². The molecule has 0 N–H and O–H groups in total. The Morgan fingerprint density at radius 3 is 2.44 bits per heavy atom. The maximum absolute atomic E-state index is 12.8. The van der Waals surface area contributed by atoms with E-state index in [1.54, 1.807) is 24.3 Å². The third-order valence-electron chi connectivity index (χ3n) is 3.42. The van der Waals surface area contributed by atoms with Crippen LogP contribution in [-0.4, -0.2) is 49.9 Å². The number of benzene rings is 1. The fraction of sp³-hybridized carbons (Fsp3) is 0.250. The lowest BCUT2D eigenvalue weighted by Gasteiger charge is -2.19. The first kappa shape index (κ1) is 21.0. The molecule has 0 saturated heterocycles. The van der Waals surface area contributed by atoms with E-state index in [1.165, 1.54) is 13.1 Å². The SMILES string of the molecule is CN(CCOc1ccc(Cl)cc1)C(=O)c1cccnc1S(=O)(=O)C(F)(F)F. The Morgan fingerprint density at radius 2 is 1.85 bits per heavy atom. The van der Waals surface area contributed by atoms with Crippen molar-refractivity contribution in [2.24, 2.45) is 0 Å². The van der Waals surface area contributed by atoms with Crippen molar-refractivity contribution >= 4 is 27.3 Å². The van der Waals surface area contributed by atoms with E-state index in [-0.39, 0.29) is 13.2 Å². The van der Waals surface area contributed by atoms with Crippen LogP contribution in [0.3, 0.4) is 0 Å². The smallest absolute Gasteiger partial charge is 0.492 e. The molecule has 11 heteroatoms. The van der Waals surface area contributed by atoms with Gasteiger partial charge in [-0.15, -0.1) is 0 Å². The van der Waals surface area contributed by atoms with Crippen molar-refractivity contribution in [2.75, 3.05) is 20.2 Å². The summed E-state index contributed by atoms with van der Waals surface area (Å²) in [6, 6.07) is 8.59. The van der Waals surface area contributed by atoms with Gasteiger partial charge in [0, 0.05) is 18.3 Å². The number of rotatable bonds is 6. The van der Waals surface area contributed by atoms with E-state index in [2.05, 4.69) is 4.98 Å². The van der Waals surface area contributed by atoms with E-state index in [0.717, 1.165) is 17.2 Å². The molecule has 1 aromatic heterocycles. The molecule has 1 heterocycles. The fourth-order valence-electron chi connectivity index (χ4n) is 2.02. The molecule has 0 bridgehead atoms. The van der Waals surface area contributed by atoms with E-state index in [9.17, 15) is 26.4 Å². The zero-order valence-corrected chi connectivity index (χ0v) is 15.5. The molecule has 27 heavy (non-hydrogen) atoms. The van der Waals surface area contributed by atoms with Crippen molar-refractivity contribution in [3.8, 4) is 5.75 Å². The van der Waals surface area contributed by atoms with Crippen LogP contribution in [0, 0.1) is 0 Å². The summed E-state index contributed by atoms with van der Waals surface area (Å²) in [5, 5.41) is -0.808. The van der Waals surface area contributed by atoms with Crippen molar-refractivity contribution in [1.29, 1.82) is 0 Å². The van der Waals surface area contributed by atoms with Crippen molar-refractivity contribution in [3.63, 3.8) is 0 Å². The summed E-state index contributed by atoms with van der Waals surface area (Å²) in [6.07, 6.45) is 0.874. The summed E-state index contributed by atoms with van der Waals surface area (Å²) in [5.74, 6) is -0.437. The van der Waals surface area contributed by atoms with Gasteiger partial charge in [-0.3, -0.25) is 4.79 Å². The van der Waals surface area contributed by atoms with Crippen LogP contribution in [0.5, 0.6) is 5.75 Å². The zero-order valence-electron chi connectivity index (χ0n) is 13.9. The van der Waals surface area contributed by atoms with Gasteiger partial charge in [0.1, 0.15) is 12.4 Å². The van der Waals surface area contributed by atoms with E-state index in [4.69, 9.17) is 16.3 Å². The van der Waals surface area contributed by atoms with E-state index in [1.807, 2.05) is 0 Å². The average Bonchev–Trinajstić information content (AvgIpc) is 2.61. The minimum atomic E-state index is -5.76. The molecule has 2 rings (SSSR count). The number of hydrogen-bond acceptors (Lipinski definition) is 5. The van der Waals surface area contributed by atoms with Gasteiger partial charge in [0.05, 0.1) is 12.1 Å². The molecule has 0 aliphatic rings. The minimum absolute atomic E-state index is 0.00184. The van der Waals surface area contributed by atoms with Crippen LogP contribution in [0.1, 0.15) is 10.4 Å². The molecule has 1 amide bonds. The molecule has 0 atom stereocenters. The molecule has 0 aliphatic heterocycles. The largest absolute Gasteiger partial charge is 0.503 e. The molecule has 0 saturated carbocycles. The lowest BCUT2D eigenvalue weighted by molar-refractivity contribution is -0.0438. The normalized spacial score (nSPS) is 11.9. The molecule has 1 aromatic carbocycles. The Labute approximate surface area is 158 Å². The first-order valence-electron chi connectivity index (χ1n) is 7.44. The van der Waals surface area contributed by atoms with Crippen LogP contribution in [0.15, 0.2) is 47.6 Å². The molecule has 2 aromatic rings. The predicted octanol–water partition coefficient (Wildman–Crippen LogP) is 3.18. The summed E-state index contributed by atoms with van der Waals surface area (Å²) in [5.41, 5.74) is -6.23. The lowest BCUT2D eigenvalue weighted by atomic mass is 10.2.